The lowest BCUT2D eigenvalue weighted by molar-refractivity contribution is -0.135. The minimum atomic E-state index is -4.35. The van der Waals surface area contributed by atoms with Crippen LogP contribution in [0, 0.1) is 5.82 Å². The molecule has 262 valence electrons. The third-order valence-corrected chi connectivity index (χ3v) is 11.3. The molecule has 0 aliphatic carbocycles. The van der Waals surface area contributed by atoms with Crippen LogP contribution in [0.4, 0.5) is 15.8 Å². The molecule has 1 unspecified atom stereocenters. The molecule has 3 fully saturated rings. The standard InChI is InChI=1S/C32H31ClFN7O8S/c1-38-29-21(41(32(38)47)22-6-7-24(43)36-31(22)46)5-4-19(27(29)33)16-8-10-39(11-9-16)14-25(44)35-18-2-3-20-17(12-18)13-23(42)30(28(20)34)40-15-26(45)37-50(40,48)49/h2-5,12-13,16,22,42H,6-11,14-15H2,1H3,(H,35,44)(H,37,45)(H,36,43,46). The van der Waals surface area contributed by atoms with Gasteiger partial charge in [0.25, 0.3) is 5.91 Å². The molecular weight excluding hydrogens is 697 g/mol. The first-order chi connectivity index (χ1) is 23.7. The lowest BCUT2D eigenvalue weighted by Crippen LogP contribution is -2.44. The summed E-state index contributed by atoms with van der Waals surface area (Å²) in [6, 6.07) is 8.25. The van der Waals surface area contributed by atoms with Crippen molar-refractivity contribution in [1.29, 1.82) is 0 Å². The Bertz CT molecular complexity index is 2320. The molecule has 3 aromatic carbocycles. The molecule has 3 aliphatic rings. The van der Waals surface area contributed by atoms with E-state index >= 15 is 4.39 Å². The molecule has 0 saturated carbocycles. The summed E-state index contributed by atoms with van der Waals surface area (Å²) >= 11 is 6.91. The number of anilines is 2. The average molecular weight is 728 g/mol. The van der Waals surface area contributed by atoms with Crippen LogP contribution in [0.2, 0.25) is 5.02 Å². The molecule has 18 heteroatoms. The number of nitrogens with zero attached hydrogens (tertiary/aromatic N) is 4. The number of imidazole rings is 1. The topological polar surface area (TPSA) is 192 Å². The number of hydrogen-bond donors (Lipinski definition) is 4. The number of carbonyl (C=O) groups is 4. The first-order valence-corrected chi connectivity index (χ1v) is 17.6. The number of aromatic nitrogens is 2. The number of halogens is 2. The third-order valence-electron chi connectivity index (χ3n) is 9.51. The van der Waals surface area contributed by atoms with Crippen molar-refractivity contribution in [2.75, 3.05) is 35.8 Å². The summed E-state index contributed by atoms with van der Waals surface area (Å²) in [5, 5.41) is 16.2. The lowest BCUT2D eigenvalue weighted by atomic mass is 9.89. The zero-order valence-electron chi connectivity index (χ0n) is 26.5. The molecule has 4 aromatic rings. The van der Waals surface area contributed by atoms with Crippen molar-refractivity contribution in [3.05, 3.63) is 63.3 Å². The van der Waals surface area contributed by atoms with Gasteiger partial charge in [-0.25, -0.2) is 18.2 Å². The van der Waals surface area contributed by atoms with Gasteiger partial charge in [-0.15, -0.1) is 0 Å². The van der Waals surface area contributed by atoms with Crippen LogP contribution in [-0.2, 0) is 36.4 Å². The van der Waals surface area contributed by atoms with E-state index < -0.39 is 57.6 Å². The van der Waals surface area contributed by atoms with Crippen molar-refractivity contribution in [2.45, 2.75) is 37.6 Å². The minimum absolute atomic E-state index is 0.0168. The molecule has 1 aromatic heterocycles. The van der Waals surface area contributed by atoms with Gasteiger partial charge in [0.2, 0.25) is 17.7 Å². The van der Waals surface area contributed by atoms with Crippen LogP contribution in [-0.4, -0.2) is 77.4 Å². The van der Waals surface area contributed by atoms with E-state index in [0.29, 0.717) is 52.0 Å². The highest BCUT2D eigenvalue weighted by Gasteiger charge is 2.38. The smallest absolute Gasteiger partial charge is 0.329 e. The van der Waals surface area contributed by atoms with Gasteiger partial charge in [-0.1, -0.05) is 17.7 Å². The van der Waals surface area contributed by atoms with Crippen molar-refractivity contribution in [3.63, 3.8) is 0 Å². The fourth-order valence-electron chi connectivity index (χ4n) is 7.09. The predicted molar refractivity (Wildman–Crippen MR) is 181 cm³/mol. The number of hydrogen-bond acceptors (Lipinski definition) is 9. The summed E-state index contributed by atoms with van der Waals surface area (Å²) in [6.07, 6.45) is 1.72. The lowest BCUT2D eigenvalue weighted by Gasteiger charge is -2.32. The zero-order valence-corrected chi connectivity index (χ0v) is 28.1. The molecule has 1 atom stereocenters. The van der Waals surface area contributed by atoms with Crippen LogP contribution in [0.15, 0.2) is 41.2 Å². The number of nitrogens with one attached hydrogen (secondary N) is 3. The summed E-state index contributed by atoms with van der Waals surface area (Å²) < 4.78 is 44.9. The highest BCUT2D eigenvalue weighted by molar-refractivity contribution is 7.92. The van der Waals surface area contributed by atoms with E-state index in [0.717, 1.165) is 11.6 Å². The van der Waals surface area contributed by atoms with E-state index in [1.165, 1.54) is 27.3 Å². The zero-order chi connectivity index (χ0) is 35.6. The Morgan fingerprint density at radius 1 is 1.06 bits per heavy atom. The largest absolute Gasteiger partial charge is 0.506 e. The summed E-state index contributed by atoms with van der Waals surface area (Å²) in [5.41, 5.74) is 1.17. The summed E-state index contributed by atoms with van der Waals surface area (Å²) in [7, 11) is -2.75. The molecule has 3 saturated heterocycles. The van der Waals surface area contributed by atoms with Crippen LogP contribution in [0.25, 0.3) is 21.8 Å². The van der Waals surface area contributed by atoms with Crippen molar-refractivity contribution in [3.8, 4) is 5.75 Å². The van der Waals surface area contributed by atoms with Crippen LogP contribution in [0.3, 0.4) is 0 Å². The number of fused-ring (bicyclic) bond motifs is 2. The first kappa shape index (κ1) is 33.5. The Balaban J connectivity index is 1.01. The summed E-state index contributed by atoms with van der Waals surface area (Å²) in [5.74, 6) is -3.74. The first-order valence-electron chi connectivity index (χ1n) is 15.8. The van der Waals surface area contributed by atoms with Crippen molar-refractivity contribution < 1.29 is 37.1 Å². The molecule has 7 rings (SSSR count). The molecule has 0 spiro atoms. The molecule has 3 aliphatic heterocycles. The normalized spacial score (nSPS) is 20.0. The minimum Gasteiger partial charge on any atom is -0.506 e. The molecule has 0 radical (unpaired) electrons. The second-order valence-corrected chi connectivity index (χ2v) is 14.6. The maximum absolute atomic E-state index is 15.4. The summed E-state index contributed by atoms with van der Waals surface area (Å²) in [6.45, 7) is 0.568. The van der Waals surface area contributed by atoms with E-state index in [2.05, 4.69) is 10.6 Å². The molecule has 4 heterocycles. The van der Waals surface area contributed by atoms with Gasteiger partial charge in [-0.2, -0.15) is 8.42 Å². The van der Waals surface area contributed by atoms with E-state index in [4.69, 9.17) is 11.6 Å². The summed E-state index contributed by atoms with van der Waals surface area (Å²) in [4.78, 5) is 64.0. The Hall–Kier alpha value is -5.00. The predicted octanol–water partition coefficient (Wildman–Crippen LogP) is 1.97. The third kappa shape index (κ3) is 5.74. The quantitative estimate of drug-likeness (QED) is 0.215. The monoisotopic (exact) mass is 727 g/mol. The van der Waals surface area contributed by atoms with E-state index in [1.54, 1.807) is 17.8 Å². The maximum atomic E-state index is 15.4. The van der Waals surface area contributed by atoms with E-state index in [1.807, 2.05) is 11.0 Å². The van der Waals surface area contributed by atoms with Gasteiger partial charge in [0.1, 0.15) is 24.0 Å². The molecule has 15 nitrogen and oxygen atoms in total. The Labute approximate surface area is 288 Å². The number of benzene rings is 3. The number of phenolic OH excluding ortho intramolecular Hbond substituents is 1. The molecule has 50 heavy (non-hydrogen) atoms. The average Bonchev–Trinajstić information content (AvgIpc) is 3.47. The van der Waals surface area contributed by atoms with E-state index in [9.17, 15) is 37.5 Å². The Kier molecular flexibility index (Phi) is 8.31. The Morgan fingerprint density at radius 3 is 2.48 bits per heavy atom. The fraction of sp³-hybridized carbons (Fsp3) is 0.344. The number of imide groups is 1. The second-order valence-electron chi connectivity index (χ2n) is 12.6. The molecular formula is C32H31ClFN7O8S. The number of rotatable bonds is 6. The van der Waals surface area contributed by atoms with Crippen molar-refractivity contribution >= 4 is 78.6 Å². The maximum Gasteiger partial charge on any atom is 0.329 e. The Morgan fingerprint density at radius 2 is 1.80 bits per heavy atom. The van der Waals surface area contributed by atoms with Gasteiger partial charge in [-0.05, 0) is 79.6 Å². The number of aryl methyl sites for hydroxylation is 1. The second kappa shape index (κ2) is 12.4. The molecule has 4 N–H and O–H groups in total. The number of phenols is 1. The van der Waals surface area contributed by atoms with Crippen LogP contribution in [0.5, 0.6) is 5.75 Å². The highest BCUT2D eigenvalue weighted by Crippen LogP contribution is 2.40. The van der Waals surface area contributed by atoms with Gasteiger partial charge >= 0.3 is 15.9 Å². The van der Waals surface area contributed by atoms with Crippen LogP contribution >= 0.6 is 11.6 Å². The van der Waals surface area contributed by atoms with Gasteiger partial charge in [0.05, 0.1) is 22.6 Å². The van der Waals surface area contributed by atoms with Crippen molar-refractivity contribution in [2.24, 2.45) is 7.05 Å². The fourth-order valence-corrected chi connectivity index (χ4v) is 8.70. The number of carbonyl (C=O) groups excluding carboxylic acids is 4. The molecule has 0 bridgehead atoms. The van der Waals surface area contributed by atoms with Gasteiger partial charge < -0.3 is 10.4 Å². The van der Waals surface area contributed by atoms with Crippen molar-refractivity contribution in [1.82, 2.24) is 24.1 Å². The van der Waals surface area contributed by atoms with Gasteiger partial charge in [0.15, 0.2) is 5.82 Å². The SMILES string of the molecule is Cn1c(=O)n(C2CCC(=O)NC2=O)c2ccc(C3CCN(CC(=O)Nc4ccc5c(F)c(N6CC(=O)NS6(=O)=O)c(O)cc5c4)CC3)c(Cl)c21. The number of amides is 4. The van der Waals surface area contributed by atoms with Gasteiger partial charge in [-0.3, -0.25) is 38.5 Å². The van der Waals surface area contributed by atoms with Crippen LogP contribution < -0.4 is 25.4 Å². The van der Waals surface area contributed by atoms with Gasteiger partial charge in [0, 0.05) is 24.5 Å². The number of piperidine rings is 2. The number of likely N-dealkylation sites (tertiary alicyclic amines) is 1. The molecule has 4 amide bonds. The highest BCUT2D eigenvalue weighted by atomic mass is 35.5. The van der Waals surface area contributed by atoms with E-state index in [-0.39, 0.29) is 47.9 Å². The number of aromatic hydroxyl groups is 1. The van der Waals surface area contributed by atoms with Crippen LogP contribution in [0.1, 0.15) is 43.2 Å².